The van der Waals surface area contributed by atoms with Crippen LogP contribution in [0.25, 0.3) is 28.0 Å². The molecule has 27 heavy (non-hydrogen) atoms. The average molecular weight is 362 g/mol. The molecule has 2 N–H and O–H groups in total. The minimum absolute atomic E-state index is 0.293. The third kappa shape index (κ3) is 2.98. The molecule has 0 amide bonds. The molecule has 0 saturated carbocycles. The van der Waals surface area contributed by atoms with Gasteiger partial charge in [-0.15, -0.1) is 0 Å². The van der Waals surface area contributed by atoms with E-state index in [4.69, 9.17) is 4.74 Å². The SMILES string of the molecule is COCc1[nH]n2c(=O)cc(-c3ccc[nH]c3=O)nc2c1-c1ccc(C)cc1. The molecule has 0 aliphatic heterocycles. The van der Waals surface area contributed by atoms with Crippen LogP contribution in [-0.2, 0) is 11.3 Å². The van der Waals surface area contributed by atoms with Crippen molar-refractivity contribution in [3.63, 3.8) is 0 Å². The molecule has 7 heteroatoms. The van der Waals surface area contributed by atoms with Gasteiger partial charge in [0.15, 0.2) is 5.65 Å². The highest BCUT2D eigenvalue weighted by Gasteiger charge is 2.18. The second-order valence-electron chi connectivity index (χ2n) is 6.32. The number of hydrogen-bond donors (Lipinski definition) is 2. The molecule has 4 rings (SSSR count). The molecule has 0 bridgehead atoms. The molecule has 136 valence electrons. The quantitative estimate of drug-likeness (QED) is 0.583. The summed E-state index contributed by atoms with van der Waals surface area (Å²) >= 11 is 0. The summed E-state index contributed by atoms with van der Waals surface area (Å²) in [6.45, 7) is 2.31. The third-order valence-electron chi connectivity index (χ3n) is 4.41. The number of nitrogens with one attached hydrogen (secondary N) is 2. The number of H-pyrrole nitrogens is 2. The molecular formula is C20H18N4O3. The van der Waals surface area contributed by atoms with Crippen molar-refractivity contribution in [1.82, 2.24) is 19.6 Å². The van der Waals surface area contributed by atoms with E-state index < -0.39 is 0 Å². The Hall–Kier alpha value is -3.45. The largest absolute Gasteiger partial charge is 0.378 e. The van der Waals surface area contributed by atoms with Gasteiger partial charge in [-0.05, 0) is 24.6 Å². The third-order valence-corrected chi connectivity index (χ3v) is 4.41. The Balaban J connectivity index is 2.04. The molecule has 0 atom stereocenters. The number of pyridine rings is 1. The number of hydrogen-bond acceptors (Lipinski definition) is 4. The summed E-state index contributed by atoms with van der Waals surface area (Å²) in [5, 5.41) is 3.07. The Morgan fingerprint density at radius 3 is 2.63 bits per heavy atom. The van der Waals surface area contributed by atoms with Crippen molar-refractivity contribution in [2.45, 2.75) is 13.5 Å². The number of aromatic amines is 2. The Kier molecular flexibility index (Phi) is 4.21. The van der Waals surface area contributed by atoms with Crippen molar-refractivity contribution in [1.29, 1.82) is 0 Å². The highest BCUT2D eigenvalue weighted by Crippen LogP contribution is 2.28. The monoisotopic (exact) mass is 362 g/mol. The number of ether oxygens (including phenoxy) is 1. The summed E-state index contributed by atoms with van der Waals surface area (Å²) in [7, 11) is 1.59. The van der Waals surface area contributed by atoms with Gasteiger partial charge in [0.05, 0.1) is 23.6 Å². The fourth-order valence-corrected chi connectivity index (χ4v) is 3.12. The van der Waals surface area contributed by atoms with Crippen molar-refractivity contribution < 1.29 is 4.74 Å². The van der Waals surface area contributed by atoms with Crippen LogP contribution in [0.2, 0.25) is 0 Å². The van der Waals surface area contributed by atoms with Crippen LogP contribution >= 0.6 is 0 Å². The summed E-state index contributed by atoms with van der Waals surface area (Å²) < 4.78 is 6.67. The molecule has 0 aliphatic carbocycles. The first-order chi connectivity index (χ1) is 13.1. The zero-order valence-corrected chi connectivity index (χ0v) is 14.9. The van der Waals surface area contributed by atoms with Gasteiger partial charge in [-0.25, -0.2) is 9.50 Å². The fourth-order valence-electron chi connectivity index (χ4n) is 3.12. The van der Waals surface area contributed by atoms with Crippen molar-refractivity contribution in [3.8, 4) is 22.4 Å². The van der Waals surface area contributed by atoms with Gasteiger partial charge in [0.1, 0.15) is 0 Å². The van der Waals surface area contributed by atoms with Gasteiger partial charge in [0.2, 0.25) is 0 Å². The first-order valence-corrected chi connectivity index (χ1v) is 8.47. The Bertz CT molecular complexity index is 1230. The van der Waals surface area contributed by atoms with E-state index in [-0.39, 0.29) is 11.1 Å². The normalized spacial score (nSPS) is 11.2. The smallest absolute Gasteiger partial charge is 0.273 e. The van der Waals surface area contributed by atoms with Gasteiger partial charge < -0.3 is 9.72 Å². The summed E-state index contributed by atoms with van der Waals surface area (Å²) in [4.78, 5) is 32.0. The molecular weight excluding hydrogens is 344 g/mol. The van der Waals surface area contributed by atoms with E-state index in [1.165, 1.54) is 10.6 Å². The first-order valence-electron chi connectivity index (χ1n) is 8.47. The van der Waals surface area contributed by atoms with Gasteiger partial charge in [-0.3, -0.25) is 14.7 Å². The maximum absolute atomic E-state index is 12.7. The van der Waals surface area contributed by atoms with E-state index in [9.17, 15) is 9.59 Å². The van der Waals surface area contributed by atoms with Gasteiger partial charge in [-0.1, -0.05) is 29.8 Å². The number of benzene rings is 1. The maximum atomic E-state index is 12.7. The number of aromatic nitrogens is 4. The zero-order chi connectivity index (χ0) is 19.0. The van der Waals surface area contributed by atoms with Crippen molar-refractivity contribution >= 4 is 5.65 Å². The van der Waals surface area contributed by atoms with Gasteiger partial charge in [0, 0.05) is 24.9 Å². The highest BCUT2D eigenvalue weighted by molar-refractivity contribution is 5.81. The lowest BCUT2D eigenvalue weighted by Gasteiger charge is -2.05. The lowest BCUT2D eigenvalue weighted by atomic mass is 10.0. The van der Waals surface area contributed by atoms with E-state index in [1.54, 1.807) is 25.4 Å². The molecule has 0 spiro atoms. The van der Waals surface area contributed by atoms with E-state index >= 15 is 0 Å². The molecule has 3 heterocycles. The summed E-state index contributed by atoms with van der Waals surface area (Å²) in [5.74, 6) is 0. The average Bonchev–Trinajstić information content (AvgIpc) is 3.02. The molecule has 0 fully saturated rings. The minimum atomic E-state index is -0.297. The maximum Gasteiger partial charge on any atom is 0.273 e. The standard InChI is InChI=1S/C20H18N4O3/c1-12-5-7-13(8-6-12)18-16(11-27-2)23-24-17(25)10-15(22-19(18)24)14-4-3-9-21-20(14)26/h3-10,23H,11H2,1-2H3,(H,21,26). The Morgan fingerprint density at radius 1 is 1.15 bits per heavy atom. The van der Waals surface area contributed by atoms with Gasteiger partial charge >= 0.3 is 0 Å². The number of rotatable bonds is 4. The van der Waals surface area contributed by atoms with Gasteiger partial charge in [0.25, 0.3) is 11.1 Å². The number of methoxy groups -OCH3 is 1. The van der Waals surface area contributed by atoms with Crippen LogP contribution in [0, 0.1) is 6.92 Å². The first kappa shape index (κ1) is 17.0. The van der Waals surface area contributed by atoms with Gasteiger partial charge in [-0.2, -0.15) is 0 Å². The lowest BCUT2D eigenvalue weighted by Crippen LogP contribution is -2.17. The molecule has 0 aliphatic rings. The second-order valence-corrected chi connectivity index (χ2v) is 6.32. The van der Waals surface area contributed by atoms with Crippen LogP contribution < -0.4 is 11.1 Å². The second kappa shape index (κ2) is 6.69. The number of aryl methyl sites for hydroxylation is 1. The molecule has 7 nitrogen and oxygen atoms in total. The van der Waals surface area contributed by atoms with Crippen LogP contribution in [0.5, 0.6) is 0 Å². The Labute approximate surface area is 154 Å². The van der Waals surface area contributed by atoms with Crippen LogP contribution in [0.3, 0.4) is 0 Å². The number of nitrogens with zero attached hydrogens (tertiary/aromatic N) is 2. The topological polar surface area (TPSA) is 92.2 Å². The minimum Gasteiger partial charge on any atom is -0.378 e. The van der Waals surface area contributed by atoms with Crippen molar-refractivity contribution in [2.24, 2.45) is 0 Å². The molecule has 0 saturated heterocycles. The lowest BCUT2D eigenvalue weighted by molar-refractivity contribution is 0.181. The number of fused-ring (bicyclic) bond motifs is 1. The molecule has 4 aromatic rings. The van der Waals surface area contributed by atoms with E-state index in [2.05, 4.69) is 15.1 Å². The predicted molar refractivity (Wildman–Crippen MR) is 103 cm³/mol. The fraction of sp³-hybridized carbons (Fsp3) is 0.150. The van der Waals surface area contributed by atoms with E-state index in [0.717, 1.165) is 22.4 Å². The summed E-state index contributed by atoms with van der Waals surface area (Å²) in [6.07, 6.45) is 1.54. The predicted octanol–water partition coefficient (Wildman–Crippen LogP) is 2.50. The van der Waals surface area contributed by atoms with E-state index in [1.807, 2.05) is 31.2 Å². The van der Waals surface area contributed by atoms with Crippen molar-refractivity contribution in [3.05, 3.63) is 80.6 Å². The van der Waals surface area contributed by atoms with Crippen molar-refractivity contribution in [2.75, 3.05) is 7.11 Å². The van der Waals surface area contributed by atoms with Crippen LogP contribution in [0.1, 0.15) is 11.3 Å². The van der Waals surface area contributed by atoms with Crippen LogP contribution in [-0.4, -0.2) is 26.7 Å². The van der Waals surface area contributed by atoms with E-state index in [0.29, 0.717) is 23.5 Å². The highest BCUT2D eigenvalue weighted by atomic mass is 16.5. The van der Waals surface area contributed by atoms with Crippen LogP contribution in [0.4, 0.5) is 0 Å². The molecule has 3 aromatic heterocycles. The molecule has 0 unspecified atom stereocenters. The molecule has 1 aromatic carbocycles. The molecule has 0 radical (unpaired) electrons. The Morgan fingerprint density at radius 2 is 1.93 bits per heavy atom. The van der Waals surface area contributed by atoms with Crippen LogP contribution in [0.15, 0.2) is 58.3 Å². The zero-order valence-electron chi connectivity index (χ0n) is 14.9. The summed E-state index contributed by atoms with van der Waals surface area (Å²) in [6, 6.07) is 12.7. The summed E-state index contributed by atoms with van der Waals surface area (Å²) in [5.41, 5.74) is 4.11.